The van der Waals surface area contributed by atoms with Gasteiger partial charge < -0.3 is 11.1 Å². The summed E-state index contributed by atoms with van der Waals surface area (Å²) < 4.78 is 82.5. The maximum absolute atomic E-state index is 14.2. The molecule has 0 saturated heterocycles. The molecule has 2 aromatic carbocycles. The number of hydroxylamine groups is 1. The summed E-state index contributed by atoms with van der Waals surface area (Å²) in [5.74, 6) is -1.43. The number of fused-ring (bicyclic) bond motifs is 1. The number of benzene rings is 2. The van der Waals surface area contributed by atoms with Crippen molar-refractivity contribution in [2.75, 3.05) is 21.9 Å². The van der Waals surface area contributed by atoms with Gasteiger partial charge in [-0.05, 0) is 42.8 Å². The summed E-state index contributed by atoms with van der Waals surface area (Å²) in [7, 11) is -4.27. The Bertz CT molecular complexity index is 1570. The zero-order valence-electron chi connectivity index (χ0n) is 18.8. The second-order valence-electron chi connectivity index (χ2n) is 7.47. The molecule has 9 nitrogen and oxygen atoms in total. The number of carbonyl (C=O) groups is 1. The van der Waals surface area contributed by atoms with Gasteiger partial charge in [-0.3, -0.25) is 0 Å². The number of nitrogens with one attached hydrogen (secondary N) is 1. The highest BCUT2D eigenvalue weighted by Gasteiger charge is 2.32. The normalized spacial score (nSPS) is 12.0. The summed E-state index contributed by atoms with van der Waals surface area (Å²) >= 11 is 1.33. The molecule has 4 aromatic rings. The third-order valence-electron chi connectivity index (χ3n) is 5.07. The summed E-state index contributed by atoms with van der Waals surface area (Å²) in [6.07, 6.45) is -3.47. The molecule has 0 bridgehead atoms. The number of hydrogen-bond acceptors (Lipinski definition) is 8. The lowest BCUT2D eigenvalue weighted by Crippen LogP contribution is -2.37. The Morgan fingerprint density at radius 2 is 1.86 bits per heavy atom. The van der Waals surface area contributed by atoms with E-state index in [0.717, 1.165) is 0 Å². The van der Waals surface area contributed by atoms with Crippen LogP contribution in [-0.2, 0) is 20.6 Å². The van der Waals surface area contributed by atoms with Crippen LogP contribution in [0.15, 0.2) is 54.2 Å². The highest BCUT2D eigenvalue weighted by molar-refractivity contribution is 7.86. The van der Waals surface area contributed by atoms with Crippen molar-refractivity contribution >= 4 is 54.9 Å². The standard InChI is InChI=1S/C22H17F4N5O4S2/c1-2-37(33,34)35-31(21(32)30-17-9-13(22(24,25)26)5-8-16(17)23)14-6-3-12(4-7-14)15-10-36-20-18(15)19(27)28-11-29-20/h3-11H,2H2,1H3,(H,30,32)(H2,27,28,29). The fourth-order valence-electron chi connectivity index (χ4n) is 3.21. The van der Waals surface area contributed by atoms with Gasteiger partial charge in [-0.15, -0.1) is 15.6 Å². The van der Waals surface area contributed by atoms with Crippen molar-refractivity contribution in [3.05, 3.63) is 65.6 Å². The molecule has 0 saturated carbocycles. The van der Waals surface area contributed by atoms with Gasteiger partial charge in [0.2, 0.25) is 0 Å². The molecule has 3 N–H and O–H groups in total. The van der Waals surface area contributed by atoms with Gasteiger partial charge in [0.15, 0.2) is 0 Å². The molecule has 0 unspecified atom stereocenters. The van der Waals surface area contributed by atoms with E-state index in [0.29, 0.717) is 44.6 Å². The highest BCUT2D eigenvalue weighted by atomic mass is 32.2. The summed E-state index contributed by atoms with van der Waals surface area (Å²) in [5, 5.41) is 4.65. The summed E-state index contributed by atoms with van der Waals surface area (Å²) in [5.41, 5.74) is 5.15. The van der Waals surface area contributed by atoms with Crippen LogP contribution in [0.25, 0.3) is 21.3 Å². The first kappa shape index (κ1) is 26.2. The van der Waals surface area contributed by atoms with Crippen LogP contribution in [0.1, 0.15) is 12.5 Å². The monoisotopic (exact) mass is 555 g/mol. The number of alkyl halides is 3. The Labute approximate surface area is 211 Å². The van der Waals surface area contributed by atoms with Crippen molar-refractivity contribution in [1.82, 2.24) is 9.97 Å². The van der Waals surface area contributed by atoms with Crippen molar-refractivity contribution in [2.24, 2.45) is 0 Å². The molecule has 0 fully saturated rings. The number of rotatable bonds is 6. The number of halogens is 4. The molecule has 0 spiro atoms. The zero-order chi connectivity index (χ0) is 27.0. The minimum atomic E-state index is -4.80. The molecule has 2 heterocycles. The fourth-order valence-corrected chi connectivity index (χ4v) is 4.62. The van der Waals surface area contributed by atoms with Gasteiger partial charge in [-0.1, -0.05) is 12.1 Å². The van der Waals surface area contributed by atoms with Gasteiger partial charge in [-0.2, -0.15) is 26.7 Å². The summed E-state index contributed by atoms with van der Waals surface area (Å²) in [4.78, 5) is 21.7. The van der Waals surface area contributed by atoms with Crippen LogP contribution in [0, 0.1) is 5.82 Å². The van der Waals surface area contributed by atoms with Gasteiger partial charge >= 0.3 is 12.2 Å². The first-order valence-electron chi connectivity index (χ1n) is 10.4. The predicted molar refractivity (Wildman–Crippen MR) is 131 cm³/mol. The number of carbonyl (C=O) groups excluding carboxylic acids is 1. The minimum absolute atomic E-state index is 0.102. The lowest BCUT2D eigenvalue weighted by Gasteiger charge is -2.22. The second-order valence-corrected chi connectivity index (χ2v) is 10.2. The third-order valence-corrected chi connectivity index (χ3v) is 7.04. The Kier molecular flexibility index (Phi) is 7.03. The van der Waals surface area contributed by atoms with Crippen LogP contribution in [0.3, 0.4) is 0 Å². The molecule has 2 amide bonds. The van der Waals surface area contributed by atoms with E-state index in [9.17, 15) is 30.8 Å². The molecule has 4 rings (SSSR count). The van der Waals surface area contributed by atoms with Crippen LogP contribution in [-0.4, -0.2) is 30.2 Å². The predicted octanol–water partition coefficient (Wildman–Crippen LogP) is 5.42. The molecule has 2 aromatic heterocycles. The smallest absolute Gasteiger partial charge is 0.383 e. The molecular weight excluding hydrogens is 538 g/mol. The number of nitrogens with two attached hydrogens (primary N) is 1. The van der Waals surface area contributed by atoms with Gasteiger partial charge in [0, 0.05) is 10.9 Å². The maximum atomic E-state index is 14.2. The molecule has 0 aliphatic rings. The zero-order valence-corrected chi connectivity index (χ0v) is 20.4. The molecule has 194 valence electrons. The van der Waals surface area contributed by atoms with Crippen molar-refractivity contribution in [1.29, 1.82) is 0 Å². The molecule has 0 aliphatic carbocycles. The quantitative estimate of drug-likeness (QED) is 0.240. The number of anilines is 3. The van der Waals surface area contributed by atoms with Crippen LogP contribution < -0.4 is 16.1 Å². The molecule has 0 aliphatic heterocycles. The van der Waals surface area contributed by atoms with Crippen molar-refractivity contribution < 1.29 is 35.1 Å². The highest BCUT2D eigenvalue weighted by Crippen LogP contribution is 2.36. The fraction of sp³-hybridized carbons (Fsp3) is 0.136. The lowest BCUT2D eigenvalue weighted by molar-refractivity contribution is -0.137. The average Bonchev–Trinajstić information content (AvgIpc) is 3.29. The minimum Gasteiger partial charge on any atom is -0.383 e. The van der Waals surface area contributed by atoms with Gasteiger partial charge in [0.1, 0.15) is 22.8 Å². The molecule has 0 atom stereocenters. The van der Waals surface area contributed by atoms with E-state index in [1.165, 1.54) is 48.9 Å². The van der Waals surface area contributed by atoms with Crippen LogP contribution in [0.5, 0.6) is 0 Å². The van der Waals surface area contributed by atoms with Gasteiger partial charge in [0.05, 0.1) is 28.1 Å². The largest absolute Gasteiger partial charge is 0.416 e. The number of nitrogen functional groups attached to an aromatic ring is 1. The van der Waals surface area contributed by atoms with Crippen molar-refractivity contribution in [3.8, 4) is 11.1 Å². The maximum Gasteiger partial charge on any atom is 0.416 e. The Morgan fingerprint density at radius 3 is 2.51 bits per heavy atom. The average molecular weight is 556 g/mol. The van der Waals surface area contributed by atoms with Crippen LogP contribution >= 0.6 is 11.3 Å². The number of urea groups is 1. The number of nitrogens with zero attached hydrogens (tertiary/aromatic N) is 3. The number of hydrogen-bond donors (Lipinski definition) is 2. The summed E-state index contributed by atoms with van der Waals surface area (Å²) in [6.45, 7) is 1.26. The molecule has 15 heteroatoms. The second kappa shape index (κ2) is 9.91. The molecule has 37 heavy (non-hydrogen) atoms. The van der Waals surface area contributed by atoms with Crippen molar-refractivity contribution in [2.45, 2.75) is 13.1 Å². The Hall–Kier alpha value is -3.82. The van der Waals surface area contributed by atoms with Crippen molar-refractivity contribution in [3.63, 3.8) is 0 Å². The number of aromatic nitrogens is 2. The van der Waals surface area contributed by atoms with Crippen LogP contribution in [0.2, 0.25) is 0 Å². The molecule has 0 radical (unpaired) electrons. The molecular formula is C22H17F4N5O4S2. The number of thiophene rings is 1. The Balaban J connectivity index is 1.68. The van der Waals surface area contributed by atoms with E-state index in [2.05, 4.69) is 9.97 Å². The first-order chi connectivity index (χ1) is 17.4. The van der Waals surface area contributed by atoms with Gasteiger partial charge in [-0.25, -0.2) is 19.2 Å². The van der Waals surface area contributed by atoms with E-state index in [1.54, 1.807) is 5.38 Å². The van der Waals surface area contributed by atoms with E-state index >= 15 is 0 Å². The third kappa shape index (κ3) is 5.63. The Morgan fingerprint density at radius 1 is 1.16 bits per heavy atom. The topological polar surface area (TPSA) is 128 Å². The lowest BCUT2D eigenvalue weighted by atomic mass is 10.1. The SMILES string of the molecule is CCS(=O)(=O)ON(C(=O)Nc1cc(C(F)(F)F)ccc1F)c1ccc(-c2csc3ncnc(N)c23)cc1. The van der Waals surface area contributed by atoms with E-state index in [-0.39, 0.29) is 11.5 Å². The van der Waals surface area contributed by atoms with Gasteiger partial charge in [0.25, 0.3) is 10.1 Å². The number of amides is 2. The summed E-state index contributed by atoms with van der Waals surface area (Å²) in [6, 6.07) is 5.83. The van der Waals surface area contributed by atoms with E-state index in [4.69, 9.17) is 10.0 Å². The first-order valence-corrected chi connectivity index (χ1v) is 12.8. The van der Waals surface area contributed by atoms with Crippen LogP contribution in [0.4, 0.5) is 39.5 Å². The van der Waals surface area contributed by atoms with E-state index < -0.39 is 45.1 Å². The van der Waals surface area contributed by atoms with E-state index in [1.807, 2.05) is 5.32 Å².